The second-order valence-electron chi connectivity index (χ2n) is 4.29. The van der Waals surface area contributed by atoms with Gasteiger partial charge in [-0.25, -0.2) is 14.2 Å². The van der Waals surface area contributed by atoms with E-state index in [1.807, 2.05) is 0 Å². The average molecular weight is 365 g/mol. The molecule has 9 heteroatoms. The van der Waals surface area contributed by atoms with Crippen LogP contribution in [0.4, 0.5) is 17.6 Å². The van der Waals surface area contributed by atoms with Crippen molar-refractivity contribution in [2.24, 2.45) is 0 Å². The molecular formula is C14H11F4NO2S2. The molecule has 0 fully saturated rings. The number of alkyl halides is 3. The first-order valence-corrected chi connectivity index (χ1v) is 8.24. The number of aromatic nitrogens is 1. The third kappa shape index (κ3) is 4.68. The van der Waals surface area contributed by atoms with Crippen LogP contribution in [-0.2, 0) is 16.7 Å². The normalized spacial score (nSPS) is 11.5. The van der Waals surface area contributed by atoms with Gasteiger partial charge in [-0.05, 0) is 24.6 Å². The third-order valence-corrected chi connectivity index (χ3v) is 4.84. The summed E-state index contributed by atoms with van der Waals surface area (Å²) in [6.07, 6.45) is -4.74. The minimum Gasteiger partial charge on any atom is -0.462 e. The molecule has 0 bridgehead atoms. The summed E-state index contributed by atoms with van der Waals surface area (Å²) in [6.45, 7) is 1.48. The van der Waals surface area contributed by atoms with E-state index in [0.29, 0.717) is 16.9 Å². The zero-order chi connectivity index (χ0) is 17.0. The van der Waals surface area contributed by atoms with Crippen LogP contribution in [-0.4, -0.2) is 17.6 Å². The molecule has 0 aliphatic heterocycles. The molecule has 0 N–H and O–H groups in total. The Morgan fingerprint density at radius 2 is 2.13 bits per heavy atom. The van der Waals surface area contributed by atoms with Crippen LogP contribution in [0.25, 0.3) is 0 Å². The lowest BCUT2D eigenvalue weighted by Crippen LogP contribution is -2.13. The Morgan fingerprint density at radius 3 is 2.74 bits per heavy atom. The first kappa shape index (κ1) is 17.7. The molecule has 1 aromatic carbocycles. The molecule has 0 saturated heterocycles. The molecule has 23 heavy (non-hydrogen) atoms. The molecule has 124 valence electrons. The largest absolute Gasteiger partial charge is 0.462 e. The number of benzene rings is 1. The van der Waals surface area contributed by atoms with Crippen molar-refractivity contribution < 1.29 is 27.1 Å². The van der Waals surface area contributed by atoms with Crippen molar-refractivity contribution in [1.29, 1.82) is 0 Å². The van der Waals surface area contributed by atoms with Crippen LogP contribution in [0.2, 0.25) is 0 Å². The van der Waals surface area contributed by atoms with Crippen LogP contribution < -0.4 is 0 Å². The number of nitrogens with zero attached hydrogens (tertiary/aromatic N) is 1. The highest BCUT2D eigenvalue weighted by Crippen LogP contribution is 2.38. The average Bonchev–Trinajstić information content (AvgIpc) is 2.90. The van der Waals surface area contributed by atoms with Crippen LogP contribution in [0.1, 0.15) is 27.9 Å². The molecule has 2 aromatic rings. The van der Waals surface area contributed by atoms with Gasteiger partial charge in [-0.3, -0.25) is 0 Å². The summed E-state index contributed by atoms with van der Waals surface area (Å²) in [4.78, 5) is 14.5. The van der Waals surface area contributed by atoms with Crippen molar-refractivity contribution in [3.05, 3.63) is 46.2 Å². The Hall–Kier alpha value is -1.61. The number of thioether (sulfide) groups is 1. The third-order valence-electron chi connectivity index (χ3n) is 2.59. The summed E-state index contributed by atoms with van der Waals surface area (Å²) >= 11 is 1.62. The van der Waals surface area contributed by atoms with E-state index in [1.54, 1.807) is 6.07 Å². The van der Waals surface area contributed by atoms with E-state index in [1.165, 1.54) is 25.1 Å². The second-order valence-corrected chi connectivity index (χ2v) is 6.52. The fourth-order valence-corrected chi connectivity index (χ4v) is 3.66. The maximum absolute atomic E-state index is 13.1. The number of thiazole rings is 1. The Balaban J connectivity index is 2.21. The first-order chi connectivity index (χ1) is 10.8. The van der Waals surface area contributed by atoms with Gasteiger partial charge in [0.25, 0.3) is 0 Å². The predicted octanol–water partition coefficient (Wildman–Crippen LogP) is 4.77. The monoisotopic (exact) mass is 365 g/mol. The lowest BCUT2D eigenvalue weighted by molar-refractivity contribution is -0.141. The fraction of sp³-hybridized carbons (Fsp3) is 0.286. The first-order valence-electron chi connectivity index (χ1n) is 6.43. The lowest BCUT2D eigenvalue weighted by atomic mass is 10.2. The lowest BCUT2D eigenvalue weighted by Gasteiger charge is -2.05. The zero-order valence-corrected chi connectivity index (χ0v) is 13.4. The fourth-order valence-electron chi connectivity index (χ4n) is 1.66. The van der Waals surface area contributed by atoms with Crippen molar-refractivity contribution in [2.45, 2.75) is 23.2 Å². The van der Waals surface area contributed by atoms with Gasteiger partial charge in [0, 0.05) is 5.75 Å². The summed E-state index contributed by atoms with van der Waals surface area (Å²) in [7, 11) is 0. The van der Waals surface area contributed by atoms with Crippen LogP contribution in [0.5, 0.6) is 0 Å². The quantitative estimate of drug-likeness (QED) is 0.435. The summed E-state index contributed by atoms with van der Waals surface area (Å²) in [5.41, 5.74) is -0.640. The molecule has 0 aliphatic rings. The van der Waals surface area contributed by atoms with Gasteiger partial charge in [-0.2, -0.15) is 13.2 Å². The molecule has 3 nitrogen and oxygen atoms in total. The molecule has 0 aliphatic carbocycles. The molecule has 0 atom stereocenters. The standard InChI is InChI=1S/C14H11F4NO2S2/c1-2-21-12(20)10-11(14(16,17)18)19-13(23-10)22-7-8-4-3-5-9(15)6-8/h3-6H,2,7H2,1H3. The molecule has 1 heterocycles. The molecule has 0 spiro atoms. The zero-order valence-electron chi connectivity index (χ0n) is 11.8. The Morgan fingerprint density at radius 1 is 1.39 bits per heavy atom. The van der Waals surface area contributed by atoms with Gasteiger partial charge in [0.15, 0.2) is 10.0 Å². The van der Waals surface area contributed by atoms with Crippen LogP contribution >= 0.6 is 23.1 Å². The van der Waals surface area contributed by atoms with E-state index in [0.717, 1.165) is 11.8 Å². The van der Waals surface area contributed by atoms with Gasteiger partial charge < -0.3 is 4.74 Å². The summed E-state index contributed by atoms with van der Waals surface area (Å²) in [5.74, 6) is -1.23. The minimum atomic E-state index is -4.74. The molecule has 0 saturated carbocycles. The molecule has 0 amide bonds. The highest BCUT2D eigenvalue weighted by Gasteiger charge is 2.40. The number of ether oxygens (including phenoxy) is 1. The molecule has 0 unspecified atom stereocenters. The van der Waals surface area contributed by atoms with E-state index in [-0.39, 0.29) is 16.7 Å². The maximum Gasteiger partial charge on any atom is 0.435 e. The molecule has 1 aromatic heterocycles. The van der Waals surface area contributed by atoms with Gasteiger partial charge in [-0.1, -0.05) is 23.9 Å². The highest BCUT2D eigenvalue weighted by molar-refractivity contribution is 8.00. The van der Waals surface area contributed by atoms with Crippen molar-refractivity contribution in [3.63, 3.8) is 0 Å². The topological polar surface area (TPSA) is 39.2 Å². The second kappa shape index (κ2) is 7.31. The van der Waals surface area contributed by atoms with E-state index in [4.69, 9.17) is 0 Å². The number of hydrogen-bond donors (Lipinski definition) is 0. The van der Waals surface area contributed by atoms with Gasteiger partial charge in [0.1, 0.15) is 10.7 Å². The van der Waals surface area contributed by atoms with E-state index >= 15 is 0 Å². The number of rotatable bonds is 5. The smallest absolute Gasteiger partial charge is 0.435 e. The number of carbonyl (C=O) groups excluding carboxylic acids is 1. The van der Waals surface area contributed by atoms with Gasteiger partial charge >= 0.3 is 12.1 Å². The van der Waals surface area contributed by atoms with Gasteiger partial charge in [0.2, 0.25) is 0 Å². The van der Waals surface area contributed by atoms with Gasteiger partial charge in [0.05, 0.1) is 6.61 Å². The highest BCUT2D eigenvalue weighted by atomic mass is 32.2. The van der Waals surface area contributed by atoms with E-state index in [2.05, 4.69) is 9.72 Å². The van der Waals surface area contributed by atoms with Crippen LogP contribution in [0.3, 0.4) is 0 Å². The molecular weight excluding hydrogens is 354 g/mol. The van der Waals surface area contributed by atoms with E-state index in [9.17, 15) is 22.4 Å². The Kier molecular flexibility index (Phi) is 5.64. The molecule has 0 radical (unpaired) electrons. The van der Waals surface area contributed by atoms with Crippen molar-refractivity contribution in [1.82, 2.24) is 4.98 Å². The van der Waals surface area contributed by atoms with Crippen molar-refractivity contribution in [3.8, 4) is 0 Å². The maximum atomic E-state index is 13.1. The molecule has 2 rings (SSSR count). The Bertz CT molecular complexity index is 700. The van der Waals surface area contributed by atoms with Crippen molar-refractivity contribution in [2.75, 3.05) is 6.61 Å². The number of carbonyl (C=O) groups is 1. The van der Waals surface area contributed by atoms with Crippen molar-refractivity contribution >= 4 is 29.1 Å². The Labute approximate surface area is 137 Å². The van der Waals surface area contributed by atoms with Gasteiger partial charge in [-0.15, -0.1) is 11.3 Å². The predicted molar refractivity (Wildman–Crippen MR) is 79.0 cm³/mol. The number of halogens is 4. The SMILES string of the molecule is CCOC(=O)c1sc(SCc2cccc(F)c2)nc1C(F)(F)F. The summed E-state index contributed by atoms with van der Waals surface area (Å²) in [5, 5.41) is 0. The van der Waals surface area contributed by atoms with Crippen LogP contribution in [0.15, 0.2) is 28.6 Å². The number of esters is 1. The summed E-state index contributed by atoms with van der Waals surface area (Å²) in [6, 6.07) is 5.73. The minimum absolute atomic E-state index is 0.0280. The summed E-state index contributed by atoms with van der Waals surface area (Å²) < 4.78 is 56.6. The van der Waals surface area contributed by atoms with E-state index < -0.39 is 28.5 Å². The number of hydrogen-bond acceptors (Lipinski definition) is 5. The van der Waals surface area contributed by atoms with Crippen LogP contribution in [0, 0.1) is 5.82 Å².